The Balaban J connectivity index is 0.00000280. The van der Waals surface area contributed by atoms with Crippen LogP contribution in [0.15, 0.2) is 48.5 Å². The van der Waals surface area contributed by atoms with Crippen molar-refractivity contribution in [3.8, 4) is 5.75 Å². The summed E-state index contributed by atoms with van der Waals surface area (Å²) in [6.07, 6.45) is -4.28. The first-order chi connectivity index (χ1) is 12.7. The maximum atomic E-state index is 13.1. The highest BCUT2D eigenvalue weighted by molar-refractivity contribution is 7.95. The van der Waals surface area contributed by atoms with E-state index in [0.717, 1.165) is 16.4 Å². The van der Waals surface area contributed by atoms with Gasteiger partial charge in [0.15, 0.2) is 0 Å². The summed E-state index contributed by atoms with van der Waals surface area (Å²) in [7, 11) is -2.21. The predicted molar refractivity (Wildman–Crippen MR) is 104 cm³/mol. The summed E-state index contributed by atoms with van der Waals surface area (Å²) < 4.78 is 70.0. The van der Waals surface area contributed by atoms with Gasteiger partial charge in [-0.15, -0.1) is 25.6 Å². The van der Waals surface area contributed by atoms with Crippen molar-refractivity contribution in [1.29, 1.82) is 0 Å². The van der Waals surface area contributed by atoms with Crippen LogP contribution in [0.3, 0.4) is 0 Å². The largest absolute Gasteiger partial charge is 0.573 e. The van der Waals surface area contributed by atoms with Gasteiger partial charge in [-0.25, -0.2) is 4.31 Å². The molecular weight excluding hydrogens is 419 g/mol. The van der Waals surface area contributed by atoms with E-state index in [0.29, 0.717) is 24.3 Å². The number of fused-ring (bicyclic) bond motifs is 1. The quantitative estimate of drug-likeness (QED) is 0.698. The summed E-state index contributed by atoms with van der Waals surface area (Å²) in [6.45, 7) is 0.874. The molecule has 28 heavy (non-hydrogen) atoms. The van der Waals surface area contributed by atoms with E-state index in [-0.39, 0.29) is 24.6 Å². The van der Waals surface area contributed by atoms with Crippen molar-refractivity contribution in [2.45, 2.75) is 12.8 Å². The normalized spacial score (nSPS) is 15.1. The predicted octanol–water partition coefficient (Wildman–Crippen LogP) is 3.82. The number of para-hydroxylation sites is 2. The zero-order chi connectivity index (χ0) is 19.7. The van der Waals surface area contributed by atoms with E-state index >= 15 is 0 Å². The zero-order valence-electron chi connectivity index (χ0n) is 14.8. The lowest BCUT2D eigenvalue weighted by atomic mass is 10.2. The number of ether oxygens (including phenoxy) is 1. The second-order valence-electron chi connectivity index (χ2n) is 5.84. The molecule has 0 amide bonds. The fraction of sp³-hybridized carbons (Fsp3) is 0.294. The van der Waals surface area contributed by atoms with Gasteiger partial charge in [-0.3, -0.25) is 4.31 Å². The van der Waals surface area contributed by atoms with E-state index in [1.54, 1.807) is 31.3 Å². The number of anilines is 3. The zero-order valence-corrected chi connectivity index (χ0v) is 16.4. The Hall–Kier alpha value is -2.17. The van der Waals surface area contributed by atoms with Crippen LogP contribution in [0, 0.1) is 0 Å². The van der Waals surface area contributed by atoms with Crippen molar-refractivity contribution in [1.82, 2.24) is 5.32 Å². The fourth-order valence-electron chi connectivity index (χ4n) is 2.91. The molecular formula is C17H19ClF3N3O3S. The van der Waals surface area contributed by atoms with Gasteiger partial charge >= 0.3 is 16.6 Å². The number of rotatable bonds is 6. The number of benzene rings is 2. The maximum Gasteiger partial charge on any atom is 0.573 e. The minimum absolute atomic E-state index is 0. The summed E-state index contributed by atoms with van der Waals surface area (Å²) in [4.78, 5) is 0. The first kappa shape index (κ1) is 22.1. The van der Waals surface area contributed by atoms with Gasteiger partial charge in [0.05, 0.1) is 17.1 Å². The number of hydrogen-bond acceptors (Lipinski definition) is 4. The number of hydrogen-bond donors (Lipinski definition) is 1. The molecule has 1 heterocycles. The van der Waals surface area contributed by atoms with Crippen molar-refractivity contribution in [2.24, 2.45) is 0 Å². The van der Waals surface area contributed by atoms with Crippen molar-refractivity contribution < 1.29 is 26.3 Å². The molecule has 0 bridgehead atoms. The highest BCUT2D eigenvalue weighted by Gasteiger charge is 2.41. The Labute approximate surface area is 167 Å². The van der Waals surface area contributed by atoms with Gasteiger partial charge in [-0.1, -0.05) is 18.2 Å². The summed E-state index contributed by atoms with van der Waals surface area (Å²) in [6, 6.07) is 11.6. The van der Waals surface area contributed by atoms with E-state index in [9.17, 15) is 21.6 Å². The molecule has 1 aliphatic rings. The van der Waals surface area contributed by atoms with Crippen LogP contribution in [0.4, 0.5) is 30.2 Å². The number of alkyl halides is 3. The van der Waals surface area contributed by atoms with E-state index in [1.165, 1.54) is 16.4 Å². The first-order valence-electron chi connectivity index (χ1n) is 8.16. The van der Waals surface area contributed by atoms with Gasteiger partial charge in [0, 0.05) is 12.6 Å². The molecule has 0 saturated carbocycles. The monoisotopic (exact) mass is 437 g/mol. The maximum absolute atomic E-state index is 13.1. The Morgan fingerprint density at radius 3 is 2.39 bits per heavy atom. The second kappa shape index (κ2) is 8.46. The van der Waals surface area contributed by atoms with Gasteiger partial charge in [0.2, 0.25) is 0 Å². The smallest absolute Gasteiger partial charge is 0.406 e. The molecule has 154 valence electrons. The van der Waals surface area contributed by atoms with Gasteiger partial charge in [-0.2, -0.15) is 8.42 Å². The number of nitrogens with one attached hydrogen (secondary N) is 1. The Bertz CT molecular complexity index is 925. The molecule has 0 saturated heterocycles. The van der Waals surface area contributed by atoms with Gasteiger partial charge in [0.1, 0.15) is 5.75 Å². The lowest BCUT2D eigenvalue weighted by molar-refractivity contribution is -0.274. The van der Waals surface area contributed by atoms with Gasteiger partial charge in [0.25, 0.3) is 0 Å². The summed E-state index contributed by atoms with van der Waals surface area (Å²) in [5, 5.41) is 2.96. The number of halogens is 4. The molecule has 0 aliphatic carbocycles. The van der Waals surface area contributed by atoms with E-state index in [1.807, 2.05) is 0 Å². The Morgan fingerprint density at radius 2 is 1.75 bits per heavy atom. The molecule has 0 unspecified atom stereocenters. The lowest BCUT2D eigenvalue weighted by Crippen LogP contribution is -2.36. The van der Waals surface area contributed by atoms with Crippen molar-refractivity contribution in [3.63, 3.8) is 0 Å². The minimum atomic E-state index is -4.86. The van der Waals surface area contributed by atoms with Crippen LogP contribution in [0.1, 0.15) is 6.42 Å². The van der Waals surface area contributed by atoms with Crippen LogP contribution < -0.4 is 18.7 Å². The summed E-state index contributed by atoms with van der Waals surface area (Å²) >= 11 is 0. The SMILES string of the molecule is CNCCCN1c2ccccc2N(c2cccc(OC(F)(F)F)c2)S1(=O)=O.Cl. The molecule has 1 aliphatic heterocycles. The van der Waals surface area contributed by atoms with Gasteiger partial charge < -0.3 is 10.1 Å². The van der Waals surface area contributed by atoms with Crippen LogP contribution in [0.2, 0.25) is 0 Å². The third kappa shape index (κ3) is 4.45. The molecule has 0 spiro atoms. The first-order valence-corrected chi connectivity index (χ1v) is 9.56. The Morgan fingerprint density at radius 1 is 1.07 bits per heavy atom. The van der Waals surface area contributed by atoms with E-state index < -0.39 is 22.3 Å². The second-order valence-corrected chi connectivity index (χ2v) is 7.54. The van der Waals surface area contributed by atoms with Crippen molar-refractivity contribution in [3.05, 3.63) is 48.5 Å². The molecule has 0 radical (unpaired) electrons. The van der Waals surface area contributed by atoms with Crippen LogP contribution >= 0.6 is 12.4 Å². The Kier molecular flexibility index (Phi) is 6.68. The topological polar surface area (TPSA) is 61.9 Å². The lowest BCUT2D eigenvalue weighted by Gasteiger charge is -2.22. The average molecular weight is 438 g/mol. The molecule has 0 fully saturated rings. The molecule has 11 heteroatoms. The van der Waals surface area contributed by atoms with Gasteiger partial charge in [-0.05, 0) is 44.3 Å². The van der Waals surface area contributed by atoms with Crippen molar-refractivity contribution >= 4 is 39.7 Å². The fourth-order valence-corrected chi connectivity index (χ4v) is 4.65. The number of nitrogens with zero attached hydrogens (tertiary/aromatic N) is 2. The van der Waals surface area contributed by atoms with Crippen LogP contribution in [-0.4, -0.2) is 34.9 Å². The highest BCUT2D eigenvalue weighted by Crippen LogP contribution is 2.45. The third-order valence-electron chi connectivity index (χ3n) is 3.95. The van der Waals surface area contributed by atoms with Crippen LogP contribution in [0.25, 0.3) is 0 Å². The average Bonchev–Trinajstić information content (AvgIpc) is 2.80. The highest BCUT2D eigenvalue weighted by atomic mass is 35.5. The molecule has 0 aromatic heterocycles. The standard InChI is InChI=1S/C17H18F3N3O3S.ClH/c1-21-10-5-11-22-15-8-2-3-9-16(15)23(27(22,24)25)13-6-4-7-14(12-13)26-17(18,19)20;/h2-4,6-9,12,21H,5,10-11H2,1H3;1H. The van der Waals surface area contributed by atoms with Crippen molar-refractivity contribution in [2.75, 3.05) is 28.7 Å². The third-order valence-corrected chi connectivity index (χ3v) is 5.76. The van der Waals surface area contributed by atoms with Crippen LogP contribution in [-0.2, 0) is 10.2 Å². The van der Waals surface area contributed by atoms with Crippen LogP contribution in [0.5, 0.6) is 5.75 Å². The molecule has 3 rings (SSSR count). The molecule has 0 atom stereocenters. The molecule has 6 nitrogen and oxygen atoms in total. The summed E-state index contributed by atoms with van der Waals surface area (Å²) in [5.41, 5.74) is 0.933. The summed E-state index contributed by atoms with van der Waals surface area (Å²) in [5.74, 6) is -0.485. The minimum Gasteiger partial charge on any atom is -0.406 e. The van der Waals surface area contributed by atoms with E-state index in [4.69, 9.17) is 0 Å². The molecule has 2 aromatic rings. The molecule has 1 N–H and O–H groups in total. The van der Waals surface area contributed by atoms with E-state index in [2.05, 4.69) is 10.1 Å². The molecule has 2 aromatic carbocycles.